The number of thioether (sulfide) groups is 1. The number of carbonyl (C=O) groups excluding carboxylic acids is 2. The van der Waals surface area contributed by atoms with Gasteiger partial charge < -0.3 is 16.4 Å². The molecule has 0 aromatic heterocycles. The Balaban J connectivity index is 2.03. The predicted molar refractivity (Wildman–Crippen MR) is 101 cm³/mol. The molecule has 0 aliphatic carbocycles. The van der Waals surface area contributed by atoms with Crippen LogP contribution in [-0.2, 0) is 4.79 Å². The third kappa shape index (κ3) is 6.64. The van der Waals surface area contributed by atoms with Crippen LogP contribution >= 0.6 is 27.7 Å². The molecule has 9 heteroatoms. The second-order valence-electron chi connectivity index (χ2n) is 5.27. The number of nitrogens with one attached hydrogen (secondary N) is 2. The number of hydrogen-bond donors (Lipinski definition) is 3. The highest BCUT2D eigenvalue weighted by atomic mass is 79.9. The van der Waals surface area contributed by atoms with Crippen LogP contribution in [0, 0.1) is 0 Å². The number of benzene rings is 2. The Kier molecular flexibility index (Phi) is 7.40. The van der Waals surface area contributed by atoms with Crippen LogP contribution in [0.1, 0.15) is 18.0 Å². The van der Waals surface area contributed by atoms with Crippen LogP contribution < -0.4 is 16.4 Å². The minimum absolute atomic E-state index is 0.0348. The first-order valence-electron chi connectivity index (χ1n) is 7.49. The van der Waals surface area contributed by atoms with Crippen molar-refractivity contribution in [3.63, 3.8) is 0 Å². The minimum atomic E-state index is -2.50. The lowest BCUT2D eigenvalue weighted by molar-refractivity contribution is -0.116. The number of urea groups is 1. The summed E-state index contributed by atoms with van der Waals surface area (Å²) < 4.78 is 25.4. The van der Waals surface area contributed by atoms with Crippen molar-refractivity contribution in [3.05, 3.63) is 58.6 Å². The maximum absolute atomic E-state index is 12.3. The van der Waals surface area contributed by atoms with Crippen LogP contribution in [0.4, 0.5) is 19.3 Å². The van der Waals surface area contributed by atoms with E-state index in [4.69, 9.17) is 5.73 Å². The van der Waals surface area contributed by atoms with E-state index >= 15 is 0 Å². The largest absolute Gasteiger partial charge is 0.352 e. The Labute approximate surface area is 161 Å². The molecule has 0 saturated carbocycles. The highest BCUT2D eigenvalue weighted by Gasteiger charge is 2.18. The Bertz CT molecular complexity index is 775. The smallest absolute Gasteiger partial charge is 0.312 e. The lowest BCUT2D eigenvalue weighted by Crippen LogP contribution is -2.35. The van der Waals surface area contributed by atoms with E-state index in [-0.39, 0.29) is 12.3 Å². The van der Waals surface area contributed by atoms with E-state index < -0.39 is 17.8 Å². The third-order valence-electron chi connectivity index (χ3n) is 3.32. The molecule has 1 atom stereocenters. The molecule has 2 aromatic rings. The van der Waals surface area contributed by atoms with Gasteiger partial charge in [0.2, 0.25) is 5.91 Å². The summed E-state index contributed by atoms with van der Waals surface area (Å²) in [4.78, 5) is 23.9. The summed E-state index contributed by atoms with van der Waals surface area (Å²) in [5, 5.41) is 5.21. The average molecular weight is 444 g/mol. The average Bonchev–Trinajstić information content (AvgIpc) is 2.55. The molecule has 0 spiro atoms. The maximum atomic E-state index is 12.3. The summed E-state index contributed by atoms with van der Waals surface area (Å²) in [5.41, 5.74) is 6.39. The van der Waals surface area contributed by atoms with Gasteiger partial charge in [-0.1, -0.05) is 39.8 Å². The van der Waals surface area contributed by atoms with E-state index in [0.29, 0.717) is 22.3 Å². The molecule has 0 radical (unpaired) electrons. The van der Waals surface area contributed by atoms with Gasteiger partial charge in [-0.25, -0.2) is 4.79 Å². The molecule has 0 heterocycles. The molecule has 0 saturated heterocycles. The topological polar surface area (TPSA) is 84.2 Å². The first-order chi connectivity index (χ1) is 12.3. The zero-order chi connectivity index (χ0) is 19.1. The number of anilines is 1. The van der Waals surface area contributed by atoms with Crippen molar-refractivity contribution < 1.29 is 18.4 Å². The fraction of sp³-hybridized carbons (Fsp3) is 0.176. The Morgan fingerprint density at radius 3 is 2.42 bits per heavy atom. The van der Waals surface area contributed by atoms with E-state index in [1.165, 1.54) is 24.3 Å². The highest BCUT2D eigenvalue weighted by molar-refractivity contribution is 9.10. The van der Waals surface area contributed by atoms with E-state index in [1.807, 2.05) is 6.07 Å². The van der Waals surface area contributed by atoms with E-state index in [1.54, 1.807) is 18.2 Å². The molecular formula is C17H16BrF2N3O2S. The Hall–Kier alpha value is -2.13. The van der Waals surface area contributed by atoms with Crippen molar-refractivity contribution in [2.45, 2.75) is 23.1 Å². The molecule has 5 nitrogen and oxygen atoms in total. The van der Waals surface area contributed by atoms with E-state index in [9.17, 15) is 18.4 Å². The molecular weight excluding hydrogens is 428 g/mol. The van der Waals surface area contributed by atoms with Crippen LogP contribution in [0.2, 0.25) is 0 Å². The zero-order valence-electron chi connectivity index (χ0n) is 13.4. The number of carbonyl (C=O) groups is 2. The zero-order valence-corrected chi connectivity index (χ0v) is 15.8. The van der Waals surface area contributed by atoms with Gasteiger partial charge in [0, 0.05) is 15.1 Å². The Morgan fingerprint density at radius 1 is 1.15 bits per heavy atom. The monoisotopic (exact) mass is 443 g/mol. The molecule has 2 aromatic carbocycles. The fourth-order valence-corrected chi connectivity index (χ4v) is 3.18. The first kappa shape index (κ1) is 20.2. The number of hydrogen-bond acceptors (Lipinski definition) is 3. The quantitative estimate of drug-likeness (QED) is 0.550. The van der Waals surface area contributed by atoms with Crippen molar-refractivity contribution in [1.82, 2.24) is 5.32 Å². The molecule has 0 fully saturated rings. The van der Waals surface area contributed by atoms with Crippen molar-refractivity contribution in [2.24, 2.45) is 5.73 Å². The van der Waals surface area contributed by atoms with Crippen LogP contribution in [0.25, 0.3) is 0 Å². The van der Waals surface area contributed by atoms with Gasteiger partial charge in [0.25, 0.3) is 5.76 Å². The molecule has 0 aliphatic rings. The molecule has 26 heavy (non-hydrogen) atoms. The van der Waals surface area contributed by atoms with Gasteiger partial charge in [0.05, 0.1) is 12.5 Å². The number of halogens is 3. The molecule has 1 unspecified atom stereocenters. The van der Waals surface area contributed by atoms with Crippen molar-refractivity contribution in [3.8, 4) is 0 Å². The molecule has 2 rings (SSSR count). The fourth-order valence-electron chi connectivity index (χ4n) is 2.26. The normalized spacial score (nSPS) is 11.8. The predicted octanol–water partition coefficient (Wildman–Crippen LogP) is 4.50. The van der Waals surface area contributed by atoms with Crippen LogP contribution in [0.3, 0.4) is 0 Å². The summed E-state index contributed by atoms with van der Waals surface area (Å²) in [7, 11) is 0. The number of rotatable bonds is 7. The van der Waals surface area contributed by atoms with Gasteiger partial charge in [-0.2, -0.15) is 8.78 Å². The Morgan fingerprint density at radius 2 is 1.85 bits per heavy atom. The van der Waals surface area contributed by atoms with E-state index in [2.05, 4.69) is 26.6 Å². The summed E-state index contributed by atoms with van der Waals surface area (Å²) >= 11 is 3.77. The number of primary amides is 1. The van der Waals surface area contributed by atoms with E-state index in [0.717, 1.165) is 10.0 Å². The second-order valence-corrected chi connectivity index (χ2v) is 7.25. The lowest BCUT2D eigenvalue weighted by Gasteiger charge is -2.18. The summed E-state index contributed by atoms with van der Waals surface area (Å²) in [5.74, 6) is -2.85. The third-order valence-corrected chi connectivity index (χ3v) is 4.54. The van der Waals surface area contributed by atoms with Crippen molar-refractivity contribution in [1.29, 1.82) is 0 Å². The standard InChI is InChI=1S/C17H16BrF2N3O2S/c18-11-3-1-2-10(8-11)14(23-17(21)25)9-15(24)22-12-4-6-13(7-5-12)26-16(19)20/h1-8,14,16H,9H2,(H,22,24)(H3,21,23,25). The summed E-state index contributed by atoms with van der Waals surface area (Å²) in [6, 6.07) is 11.9. The molecule has 4 N–H and O–H groups in total. The van der Waals surface area contributed by atoms with Gasteiger partial charge in [-0.05, 0) is 42.0 Å². The molecule has 3 amide bonds. The number of alkyl halides is 2. The van der Waals surface area contributed by atoms with Crippen molar-refractivity contribution >= 4 is 45.3 Å². The second kappa shape index (κ2) is 9.54. The number of amides is 3. The van der Waals surface area contributed by atoms with Crippen LogP contribution in [0.15, 0.2) is 57.9 Å². The SMILES string of the molecule is NC(=O)NC(CC(=O)Nc1ccc(SC(F)F)cc1)c1cccc(Br)c1. The molecule has 0 bridgehead atoms. The summed E-state index contributed by atoms with van der Waals surface area (Å²) in [6.45, 7) is 0. The minimum Gasteiger partial charge on any atom is -0.352 e. The van der Waals surface area contributed by atoms with Gasteiger partial charge in [-0.3, -0.25) is 4.79 Å². The molecule has 0 aliphatic heterocycles. The highest BCUT2D eigenvalue weighted by Crippen LogP contribution is 2.26. The van der Waals surface area contributed by atoms with Gasteiger partial charge in [0.15, 0.2) is 0 Å². The lowest BCUT2D eigenvalue weighted by atomic mass is 10.0. The van der Waals surface area contributed by atoms with Crippen LogP contribution in [0.5, 0.6) is 0 Å². The first-order valence-corrected chi connectivity index (χ1v) is 9.17. The number of nitrogens with two attached hydrogens (primary N) is 1. The summed E-state index contributed by atoms with van der Waals surface area (Å²) in [6.07, 6.45) is -0.0348. The molecule has 138 valence electrons. The van der Waals surface area contributed by atoms with Crippen LogP contribution in [-0.4, -0.2) is 17.7 Å². The maximum Gasteiger partial charge on any atom is 0.312 e. The van der Waals surface area contributed by atoms with Gasteiger partial charge >= 0.3 is 6.03 Å². The van der Waals surface area contributed by atoms with Gasteiger partial charge in [0.1, 0.15) is 0 Å². The van der Waals surface area contributed by atoms with Crippen molar-refractivity contribution in [2.75, 3.05) is 5.32 Å². The van der Waals surface area contributed by atoms with Gasteiger partial charge in [-0.15, -0.1) is 0 Å².